The maximum absolute atomic E-state index is 15.1. The molecule has 0 bridgehead atoms. The van der Waals surface area contributed by atoms with Crippen molar-refractivity contribution in [2.75, 3.05) is 7.11 Å². The molecule has 13 heteroatoms. The molecule has 5 rings (SSSR count). The molecule has 1 aliphatic heterocycles. The van der Waals surface area contributed by atoms with E-state index in [0.717, 1.165) is 6.92 Å². The predicted molar refractivity (Wildman–Crippen MR) is 132 cm³/mol. The van der Waals surface area contributed by atoms with Crippen LogP contribution >= 0.6 is 0 Å². The van der Waals surface area contributed by atoms with Gasteiger partial charge in [0.2, 0.25) is 5.78 Å². The second-order valence-corrected chi connectivity index (χ2v) is 10.2. The summed E-state index contributed by atoms with van der Waals surface area (Å²) in [6, 6.07) is 2.73. The van der Waals surface area contributed by atoms with Crippen LogP contribution in [0.4, 0.5) is 4.39 Å². The zero-order chi connectivity index (χ0) is 29.4. The molecule has 40 heavy (non-hydrogen) atoms. The highest BCUT2D eigenvalue weighted by Crippen LogP contribution is 2.56. The predicted octanol–water partition coefficient (Wildman–Crippen LogP) is 0.468. The number of alkyl halides is 1. The summed E-state index contributed by atoms with van der Waals surface area (Å²) >= 11 is 0. The summed E-state index contributed by atoms with van der Waals surface area (Å²) in [6.45, 7) is 2.37. The van der Waals surface area contributed by atoms with Crippen molar-refractivity contribution in [1.29, 1.82) is 0 Å². The van der Waals surface area contributed by atoms with Gasteiger partial charge in [0.05, 0.1) is 48.2 Å². The lowest BCUT2D eigenvalue weighted by Gasteiger charge is -2.44. The average Bonchev–Trinajstić information content (AvgIpc) is 2.92. The molecule has 1 heterocycles. The fourth-order valence-electron chi connectivity index (χ4n) is 5.70. The summed E-state index contributed by atoms with van der Waals surface area (Å²) in [5, 5.41) is 55.1. The highest BCUT2D eigenvalue weighted by Gasteiger charge is 2.55. The standard InChI is InChI=1S/C27H28FNO11/c1-8-20(31)19(29)18(28)26(39-8)40-12-7-27(37,9(2)30)25(36)17-14(12)23(34)16-15(24(17)35)21(32)10-5-4-6-11(38-3)13(10)22(16)33/h4-6,8,12,18-20,25-26,31,34-37H,7,29H2,1-3H3/t8-,12-,18+,19-,20+,25+,26-,27-/m0/s1. The molecule has 214 valence electrons. The third-order valence-corrected chi connectivity index (χ3v) is 8.00. The van der Waals surface area contributed by atoms with Crippen LogP contribution in [-0.4, -0.2) is 86.3 Å². The van der Waals surface area contributed by atoms with E-state index in [-0.39, 0.29) is 16.9 Å². The van der Waals surface area contributed by atoms with Gasteiger partial charge in [-0.05, 0) is 19.9 Å². The lowest BCUT2D eigenvalue weighted by Crippen LogP contribution is -2.60. The van der Waals surface area contributed by atoms with E-state index < -0.39 is 106 Å². The van der Waals surface area contributed by atoms with Gasteiger partial charge in [0.1, 0.15) is 23.4 Å². The van der Waals surface area contributed by atoms with E-state index in [0.29, 0.717) is 0 Å². The van der Waals surface area contributed by atoms with E-state index in [9.17, 15) is 39.9 Å². The van der Waals surface area contributed by atoms with E-state index in [1.54, 1.807) is 0 Å². The number of nitrogens with two attached hydrogens (primary N) is 1. The number of phenolic OH excluding ortho intramolecular Hbond substituents is 2. The first-order valence-electron chi connectivity index (χ1n) is 12.4. The Kier molecular flexibility index (Phi) is 6.72. The first-order valence-corrected chi connectivity index (χ1v) is 12.4. The first-order chi connectivity index (χ1) is 18.8. The highest BCUT2D eigenvalue weighted by molar-refractivity contribution is 6.31. The number of carbonyl (C=O) groups excluding carboxylic acids is 3. The molecule has 0 unspecified atom stereocenters. The Balaban J connectivity index is 1.73. The SMILES string of the molecule is COc1cccc2c1C(=O)c1c(O)c3c(c(O)c1C2=O)[C@@H](O)[C@@](O)(C(C)=O)C[C@@H]3O[C@@H]1O[C@@H](C)[C@@H](O)[C@@H](N)[C@H]1F. The van der Waals surface area contributed by atoms with Gasteiger partial charge >= 0.3 is 0 Å². The summed E-state index contributed by atoms with van der Waals surface area (Å²) in [5.41, 5.74) is 0.410. The number of hydrogen-bond donors (Lipinski definition) is 6. The Hall–Kier alpha value is -3.46. The van der Waals surface area contributed by atoms with Crippen molar-refractivity contribution in [3.63, 3.8) is 0 Å². The Morgan fingerprint density at radius 3 is 2.35 bits per heavy atom. The Morgan fingerprint density at radius 2 is 1.73 bits per heavy atom. The van der Waals surface area contributed by atoms with Crippen molar-refractivity contribution >= 4 is 17.3 Å². The van der Waals surface area contributed by atoms with Gasteiger partial charge in [-0.3, -0.25) is 14.4 Å². The number of Topliss-reactive ketones (excluding diaryl/α,β-unsaturated/α-hetero) is 1. The van der Waals surface area contributed by atoms with Crippen molar-refractivity contribution in [3.8, 4) is 17.2 Å². The van der Waals surface area contributed by atoms with E-state index in [2.05, 4.69) is 0 Å². The first kappa shape index (κ1) is 28.1. The van der Waals surface area contributed by atoms with Crippen molar-refractivity contribution in [3.05, 3.63) is 51.6 Å². The van der Waals surface area contributed by atoms with E-state index in [4.69, 9.17) is 19.9 Å². The van der Waals surface area contributed by atoms with Gasteiger partial charge in [0.15, 0.2) is 29.6 Å². The summed E-state index contributed by atoms with van der Waals surface area (Å²) in [5.74, 6) is -4.60. The summed E-state index contributed by atoms with van der Waals surface area (Å²) < 4.78 is 31.5. The molecule has 8 atom stereocenters. The number of rotatable bonds is 4. The lowest BCUT2D eigenvalue weighted by atomic mass is 9.70. The van der Waals surface area contributed by atoms with E-state index in [1.807, 2.05) is 0 Å². The number of aliphatic hydroxyl groups excluding tert-OH is 2. The number of aliphatic hydroxyl groups is 3. The largest absolute Gasteiger partial charge is 0.507 e. The third-order valence-electron chi connectivity index (χ3n) is 8.00. The molecule has 0 radical (unpaired) electrons. The van der Waals surface area contributed by atoms with Gasteiger partial charge in [0.25, 0.3) is 0 Å². The second-order valence-electron chi connectivity index (χ2n) is 10.2. The van der Waals surface area contributed by atoms with Crippen molar-refractivity contribution in [1.82, 2.24) is 0 Å². The molecular weight excluding hydrogens is 533 g/mol. The molecule has 1 fully saturated rings. The molecule has 2 aromatic carbocycles. The van der Waals surface area contributed by atoms with Crippen LogP contribution in [0.15, 0.2) is 18.2 Å². The number of ketones is 3. The Bertz CT molecular complexity index is 1440. The van der Waals surface area contributed by atoms with Crippen LogP contribution in [0.5, 0.6) is 17.2 Å². The maximum atomic E-state index is 15.1. The number of methoxy groups -OCH3 is 1. The fraction of sp³-hybridized carbons (Fsp3) is 0.444. The molecule has 2 aliphatic carbocycles. The van der Waals surface area contributed by atoms with Crippen LogP contribution in [0.25, 0.3) is 0 Å². The van der Waals surface area contributed by atoms with E-state index in [1.165, 1.54) is 32.2 Å². The highest BCUT2D eigenvalue weighted by atomic mass is 19.1. The molecule has 3 aliphatic rings. The van der Waals surface area contributed by atoms with Gasteiger partial charge in [-0.1, -0.05) is 12.1 Å². The summed E-state index contributed by atoms with van der Waals surface area (Å²) in [6.07, 6.45) is -10.9. The van der Waals surface area contributed by atoms with Crippen LogP contribution in [0.3, 0.4) is 0 Å². The number of halogens is 1. The Morgan fingerprint density at radius 1 is 1.10 bits per heavy atom. The molecule has 0 saturated carbocycles. The van der Waals surface area contributed by atoms with Crippen molar-refractivity contribution in [2.24, 2.45) is 5.73 Å². The Labute approximate surface area is 226 Å². The topological polar surface area (TPSA) is 206 Å². The average molecular weight is 562 g/mol. The van der Waals surface area contributed by atoms with E-state index >= 15 is 4.39 Å². The number of carbonyl (C=O) groups is 3. The number of phenols is 2. The van der Waals surface area contributed by atoms with Crippen molar-refractivity contribution < 1.29 is 58.5 Å². The number of ether oxygens (including phenoxy) is 3. The monoisotopic (exact) mass is 561 g/mol. The fourth-order valence-corrected chi connectivity index (χ4v) is 5.70. The smallest absolute Gasteiger partial charge is 0.202 e. The minimum Gasteiger partial charge on any atom is -0.507 e. The van der Waals surface area contributed by atoms with Crippen LogP contribution in [-0.2, 0) is 14.3 Å². The molecule has 0 amide bonds. The number of fused-ring (bicyclic) bond motifs is 3. The molecule has 0 spiro atoms. The molecule has 7 N–H and O–H groups in total. The number of aromatic hydroxyl groups is 2. The van der Waals surface area contributed by atoms with Gasteiger partial charge in [-0.15, -0.1) is 0 Å². The van der Waals surface area contributed by atoms with Crippen molar-refractivity contribution in [2.45, 2.75) is 68.8 Å². The third kappa shape index (κ3) is 3.77. The van der Waals surface area contributed by atoms with Crippen LogP contribution in [0, 0.1) is 0 Å². The summed E-state index contributed by atoms with van der Waals surface area (Å²) in [4.78, 5) is 39.7. The van der Waals surface area contributed by atoms with Crippen LogP contribution < -0.4 is 10.5 Å². The number of benzene rings is 2. The number of hydrogen-bond acceptors (Lipinski definition) is 12. The summed E-state index contributed by atoms with van der Waals surface area (Å²) in [7, 11) is 1.27. The zero-order valence-corrected chi connectivity index (χ0v) is 21.6. The van der Waals surface area contributed by atoms with Gasteiger partial charge < -0.3 is 45.5 Å². The molecule has 12 nitrogen and oxygen atoms in total. The second kappa shape index (κ2) is 9.58. The zero-order valence-electron chi connectivity index (χ0n) is 21.6. The maximum Gasteiger partial charge on any atom is 0.202 e. The molecule has 1 saturated heterocycles. The lowest BCUT2D eigenvalue weighted by molar-refractivity contribution is -0.276. The van der Waals surface area contributed by atoms with Gasteiger partial charge in [-0.2, -0.15) is 0 Å². The van der Waals surface area contributed by atoms with Gasteiger partial charge in [-0.25, -0.2) is 4.39 Å². The quantitative estimate of drug-likeness (QED) is 0.240. The minimum absolute atomic E-state index is 0.0225. The van der Waals surface area contributed by atoms with Crippen LogP contribution in [0.1, 0.15) is 75.4 Å². The minimum atomic E-state index is -2.62. The molecule has 2 aromatic rings. The normalized spacial score (nSPS) is 33.1. The molecule has 0 aromatic heterocycles. The van der Waals surface area contributed by atoms with Crippen LogP contribution in [0.2, 0.25) is 0 Å². The van der Waals surface area contributed by atoms with Gasteiger partial charge in [0, 0.05) is 23.1 Å². The molecular formula is C27H28FNO11.